The second-order valence-corrected chi connectivity index (χ2v) is 7.17. The molecule has 0 atom stereocenters. The number of rotatable bonds is 5. The van der Waals surface area contributed by atoms with E-state index in [2.05, 4.69) is 46.7 Å². The number of ether oxygens (including phenoxy) is 1. The van der Waals surface area contributed by atoms with Gasteiger partial charge in [0.1, 0.15) is 6.61 Å². The fourth-order valence-corrected chi connectivity index (χ4v) is 3.89. The zero-order chi connectivity index (χ0) is 20.8. The van der Waals surface area contributed by atoms with E-state index < -0.39 is 6.09 Å². The minimum atomic E-state index is -0.449. The smallest absolute Gasteiger partial charge is 0.407 e. The van der Waals surface area contributed by atoms with Crippen molar-refractivity contribution in [2.24, 2.45) is 0 Å². The molecule has 0 aliphatic heterocycles. The number of carbonyl (C=O) groups is 1. The third kappa shape index (κ3) is 4.22. The number of alkyl carbamates (subject to hydrolysis) is 1. The normalized spacial score (nSPS) is 11.8. The lowest BCUT2D eigenvalue weighted by atomic mass is 9.98. The fraction of sp³-hybridized carbons (Fsp3) is 0.192. The van der Waals surface area contributed by atoms with Crippen LogP contribution in [0.15, 0.2) is 72.8 Å². The zero-order valence-electron chi connectivity index (χ0n) is 16.9. The van der Waals surface area contributed by atoms with Crippen LogP contribution in [0.3, 0.4) is 0 Å². The third-order valence-electron chi connectivity index (χ3n) is 5.27. The Hall–Kier alpha value is -3.55. The molecule has 1 aliphatic carbocycles. The molecule has 1 aliphatic rings. The number of hydrogen-bond acceptors (Lipinski definition) is 3. The fourth-order valence-electron chi connectivity index (χ4n) is 3.89. The van der Waals surface area contributed by atoms with Crippen LogP contribution < -0.4 is 10.6 Å². The SMILES string of the molecule is CNCc1ccccc1C#CCNC(=O)OCC1c2ccccc2-c2ccccc21. The number of benzene rings is 3. The summed E-state index contributed by atoms with van der Waals surface area (Å²) in [5.41, 5.74) is 6.93. The molecule has 0 bridgehead atoms. The van der Waals surface area contributed by atoms with Gasteiger partial charge in [-0.3, -0.25) is 0 Å². The first-order valence-corrected chi connectivity index (χ1v) is 10.1. The molecule has 0 unspecified atom stereocenters. The molecule has 30 heavy (non-hydrogen) atoms. The lowest BCUT2D eigenvalue weighted by Crippen LogP contribution is -2.26. The van der Waals surface area contributed by atoms with Crippen LogP contribution in [0.1, 0.15) is 28.2 Å². The van der Waals surface area contributed by atoms with Crippen molar-refractivity contribution in [2.75, 3.05) is 20.2 Å². The van der Waals surface area contributed by atoms with Gasteiger partial charge in [0.15, 0.2) is 0 Å². The predicted octanol–water partition coefficient (Wildman–Crippen LogP) is 4.30. The van der Waals surface area contributed by atoms with Gasteiger partial charge < -0.3 is 15.4 Å². The van der Waals surface area contributed by atoms with Crippen molar-refractivity contribution in [3.8, 4) is 23.0 Å². The highest BCUT2D eigenvalue weighted by molar-refractivity contribution is 5.79. The number of carbonyl (C=O) groups excluding carboxylic acids is 1. The van der Waals surface area contributed by atoms with Crippen LogP contribution in [0, 0.1) is 11.8 Å². The number of fused-ring (bicyclic) bond motifs is 3. The van der Waals surface area contributed by atoms with Crippen LogP contribution >= 0.6 is 0 Å². The average molecular weight is 396 g/mol. The van der Waals surface area contributed by atoms with Crippen molar-refractivity contribution in [1.82, 2.24) is 10.6 Å². The van der Waals surface area contributed by atoms with Crippen molar-refractivity contribution in [3.05, 3.63) is 95.1 Å². The van der Waals surface area contributed by atoms with Crippen LogP contribution in [-0.2, 0) is 11.3 Å². The van der Waals surface area contributed by atoms with Gasteiger partial charge in [-0.2, -0.15) is 0 Å². The summed E-state index contributed by atoms with van der Waals surface area (Å²) in [6, 6.07) is 24.6. The maximum Gasteiger partial charge on any atom is 0.407 e. The topological polar surface area (TPSA) is 50.4 Å². The lowest BCUT2D eigenvalue weighted by Gasteiger charge is -2.14. The van der Waals surface area contributed by atoms with Crippen LogP contribution in [0.2, 0.25) is 0 Å². The first-order valence-electron chi connectivity index (χ1n) is 10.1. The van der Waals surface area contributed by atoms with Crippen molar-refractivity contribution in [1.29, 1.82) is 0 Å². The summed E-state index contributed by atoms with van der Waals surface area (Å²) in [6.07, 6.45) is -0.449. The van der Waals surface area contributed by atoms with Crippen molar-refractivity contribution >= 4 is 6.09 Å². The van der Waals surface area contributed by atoms with E-state index in [1.807, 2.05) is 55.6 Å². The van der Waals surface area contributed by atoms with Crippen LogP contribution in [-0.4, -0.2) is 26.3 Å². The predicted molar refractivity (Wildman–Crippen MR) is 119 cm³/mol. The molecule has 0 heterocycles. The Labute approximate surface area is 177 Å². The minimum absolute atomic E-state index is 0.0580. The zero-order valence-corrected chi connectivity index (χ0v) is 16.9. The summed E-state index contributed by atoms with van der Waals surface area (Å²) in [4.78, 5) is 12.2. The molecule has 2 N–H and O–H groups in total. The largest absolute Gasteiger partial charge is 0.449 e. The Bertz CT molecular complexity index is 1070. The summed E-state index contributed by atoms with van der Waals surface area (Å²) in [7, 11) is 1.91. The summed E-state index contributed by atoms with van der Waals surface area (Å²) >= 11 is 0. The van der Waals surface area contributed by atoms with E-state index in [-0.39, 0.29) is 12.5 Å². The second-order valence-electron chi connectivity index (χ2n) is 7.17. The van der Waals surface area contributed by atoms with Gasteiger partial charge in [0.2, 0.25) is 0 Å². The molecule has 0 aromatic heterocycles. The van der Waals surface area contributed by atoms with E-state index in [9.17, 15) is 4.79 Å². The molecule has 4 heteroatoms. The maximum absolute atomic E-state index is 12.2. The molecule has 0 fully saturated rings. The van der Waals surface area contributed by atoms with Crippen molar-refractivity contribution in [2.45, 2.75) is 12.5 Å². The van der Waals surface area contributed by atoms with Gasteiger partial charge in [-0.05, 0) is 40.9 Å². The molecule has 0 spiro atoms. The first kappa shape index (κ1) is 19.8. The van der Waals surface area contributed by atoms with Gasteiger partial charge in [0.05, 0.1) is 6.54 Å². The molecule has 3 aromatic rings. The van der Waals surface area contributed by atoms with Crippen LogP contribution in [0.4, 0.5) is 4.79 Å². The van der Waals surface area contributed by atoms with Crippen molar-refractivity contribution < 1.29 is 9.53 Å². The Morgan fingerprint density at radius 2 is 1.57 bits per heavy atom. The van der Waals surface area contributed by atoms with Gasteiger partial charge in [-0.1, -0.05) is 78.6 Å². The molecule has 0 saturated heterocycles. The molecule has 3 aromatic carbocycles. The van der Waals surface area contributed by atoms with Gasteiger partial charge in [-0.25, -0.2) is 4.79 Å². The molecule has 4 nitrogen and oxygen atoms in total. The van der Waals surface area contributed by atoms with Crippen molar-refractivity contribution in [3.63, 3.8) is 0 Å². The summed E-state index contributed by atoms with van der Waals surface area (Å²) < 4.78 is 5.53. The van der Waals surface area contributed by atoms with E-state index in [1.165, 1.54) is 22.3 Å². The van der Waals surface area contributed by atoms with E-state index in [4.69, 9.17) is 4.74 Å². The van der Waals surface area contributed by atoms with Gasteiger partial charge in [-0.15, -0.1) is 0 Å². The van der Waals surface area contributed by atoms with E-state index >= 15 is 0 Å². The quantitative estimate of drug-likeness (QED) is 0.633. The Morgan fingerprint density at radius 3 is 2.27 bits per heavy atom. The first-order chi connectivity index (χ1) is 14.8. The van der Waals surface area contributed by atoms with E-state index in [0.29, 0.717) is 6.61 Å². The monoisotopic (exact) mass is 396 g/mol. The van der Waals surface area contributed by atoms with Gasteiger partial charge in [0.25, 0.3) is 0 Å². The van der Waals surface area contributed by atoms with Gasteiger partial charge in [0, 0.05) is 18.0 Å². The maximum atomic E-state index is 12.2. The van der Waals surface area contributed by atoms with E-state index in [1.54, 1.807) is 0 Å². The molecular formula is C26H24N2O2. The average Bonchev–Trinajstić information content (AvgIpc) is 3.10. The summed E-state index contributed by atoms with van der Waals surface area (Å²) in [6.45, 7) is 1.30. The molecule has 150 valence electrons. The minimum Gasteiger partial charge on any atom is -0.449 e. The lowest BCUT2D eigenvalue weighted by molar-refractivity contribution is 0.144. The number of nitrogens with one attached hydrogen (secondary N) is 2. The summed E-state index contributed by atoms with van der Waals surface area (Å²) in [5, 5.41) is 5.86. The Morgan fingerprint density at radius 1 is 0.933 bits per heavy atom. The standard InChI is InChI=1S/C26H24N2O2/c1-27-17-20-10-3-2-9-19(20)11-8-16-28-26(29)30-18-25-23-14-6-4-12-21(23)22-13-5-7-15-24(22)25/h2-7,9-10,12-15,25,27H,16-18H2,1H3,(H,28,29). The highest BCUT2D eigenvalue weighted by atomic mass is 16.5. The highest BCUT2D eigenvalue weighted by Crippen LogP contribution is 2.44. The molecule has 4 rings (SSSR count). The second kappa shape index (κ2) is 9.30. The Balaban J connectivity index is 1.35. The van der Waals surface area contributed by atoms with Crippen LogP contribution in [0.5, 0.6) is 0 Å². The summed E-state index contributed by atoms with van der Waals surface area (Å²) in [5.74, 6) is 6.18. The number of amides is 1. The number of hydrogen-bond donors (Lipinski definition) is 2. The van der Waals surface area contributed by atoms with E-state index in [0.717, 1.165) is 17.7 Å². The highest BCUT2D eigenvalue weighted by Gasteiger charge is 2.28. The third-order valence-corrected chi connectivity index (χ3v) is 5.27. The molecule has 0 radical (unpaired) electrons. The molecule has 1 amide bonds. The molecule has 0 saturated carbocycles. The van der Waals surface area contributed by atoms with Gasteiger partial charge >= 0.3 is 6.09 Å². The van der Waals surface area contributed by atoms with Crippen LogP contribution in [0.25, 0.3) is 11.1 Å². The Kier molecular flexibility index (Phi) is 6.12. The molecular weight excluding hydrogens is 372 g/mol.